The molecule has 0 unspecified atom stereocenters. The molecule has 2 heterocycles. The monoisotopic (exact) mass is 699 g/mol. The van der Waals surface area contributed by atoms with Crippen LogP contribution in [0.1, 0.15) is 219 Å². The Labute approximate surface area is 306 Å². The number of anilines is 2. The third-order valence-corrected chi connectivity index (χ3v) is 10.3. The maximum absolute atomic E-state index is 12.4. The van der Waals surface area contributed by atoms with Gasteiger partial charge >= 0.3 is 11.4 Å². The standard InChI is InChI=1S/C42H78N6O2/c1-3-5-7-9-11-13-15-17-19-21-23-25-27-29-31-33-35-43-39-37-38(46-41(49)47-39)40(48-42(50)45-37)44-36-34-32-30-28-26-24-22-20-18-16-14-12-10-8-6-4-2/h3-36H2,1-2H3,(H2,43,46,47,49)(H2,44,45,48,50). The van der Waals surface area contributed by atoms with Crippen molar-refractivity contribution in [1.82, 2.24) is 19.9 Å². The lowest BCUT2D eigenvalue weighted by atomic mass is 10.0. The van der Waals surface area contributed by atoms with E-state index in [4.69, 9.17) is 0 Å². The van der Waals surface area contributed by atoms with Crippen LogP contribution in [0.2, 0.25) is 0 Å². The smallest absolute Gasteiger partial charge is 0.347 e. The van der Waals surface area contributed by atoms with E-state index in [1.165, 1.54) is 180 Å². The minimum absolute atomic E-state index is 0.426. The second-order valence-electron chi connectivity index (χ2n) is 15.0. The second-order valence-corrected chi connectivity index (χ2v) is 15.0. The molecule has 0 aliphatic heterocycles. The Hall–Kier alpha value is -2.38. The zero-order valence-corrected chi connectivity index (χ0v) is 32.8. The molecule has 0 spiro atoms. The molecular weight excluding hydrogens is 621 g/mol. The van der Waals surface area contributed by atoms with E-state index in [2.05, 4.69) is 44.4 Å². The van der Waals surface area contributed by atoms with Crippen LogP contribution in [0.25, 0.3) is 11.0 Å². The number of aromatic amines is 2. The van der Waals surface area contributed by atoms with Crippen LogP contribution in [0.4, 0.5) is 11.6 Å². The number of nitrogens with zero attached hydrogens (tertiary/aromatic N) is 2. The first kappa shape index (κ1) is 43.8. The first-order chi connectivity index (χ1) is 24.7. The largest absolute Gasteiger partial charge is 0.368 e. The number of H-pyrrole nitrogens is 2. The lowest BCUT2D eigenvalue weighted by Gasteiger charge is -2.11. The Morgan fingerprint density at radius 3 is 0.820 bits per heavy atom. The summed E-state index contributed by atoms with van der Waals surface area (Å²) in [5, 5.41) is 6.60. The highest BCUT2D eigenvalue weighted by atomic mass is 16.1. The molecule has 0 aliphatic carbocycles. The lowest BCUT2D eigenvalue weighted by Crippen LogP contribution is -2.21. The van der Waals surface area contributed by atoms with Crippen molar-refractivity contribution in [3.05, 3.63) is 21.0 Å². The van der Waals surface area contributed by atoms with E-state index in [1.807, 2.05) is 0 Å². The number of rotatable bonds is 36. The molecule has 0 saturated carbocycles. The number of fused-ring (bicyclic) bond motifs is 1. The summed E-state index contributed by atoms with van der Waals surface area (Å²) >= 11 is 0. The van der Waals surface area contributed by atoms with Crippen LogP contribution in [0.3, 0.4) is 0 Å². The number of nitrogens with one attached hydrogen (secondary N) is 4. The molecule has 2 rings (SSSR count). The van der Waals surface area contributed by atoms with Crippen LogP contribution in [0, 0.1) is 0 Å². The molecule has 2 aromatic heterocycles. The number of hydrogen-bond donors (Lipinski definition) is 4. The molecule has 288 valence electrons. The first-order valence-corrected chi connectivity index (χ1v) is 21.7. The van der Waals surface area contributed by atoms with Gasteiger partial charge in [-0.05, 0) is 12.8 Å². The lowest BCUT2D eigenvalue weighted by molar-refractivity contribution is 0.530. The minimum Gasteiger partial charge on any atom is -0.368 e. The first-order valence-electron chi connectivity index (χ1n) is 21.7. The molecule has 0 bridgehead atoms. The average Bonchev–Trinajstić information content (AvgIpc) is 3.11. The van der Waals surface area contributed by atoms with Crippen molar-refractivity contribution >= 4 is 22.7 Å². The summed E-state index contributed by atoms with van der Waals surface area (Å²) in [6.07, 6.45) is 42.8. The predicted octanol–water partition coefficient (Wildman–Crippen LogP) is 12.4. The fourth-order valence-electron chi connectivity index (χ4n) is 7.08. The van der Waals surface area contributed by atoms with Gasteiger partial charge in [0.05, 0.1) is 0 Å². The molecule has 0 radical (unpaired) electrons. The van der Waals surface area contributed by atoms with Crippen LogP contribution < -0.4 is 22.0 Å². The third kappa shape index (κ3) is 22.4. The summed E-state index contributed by atoms with van der Waals surface area (Å²) in [4.78, 5) is 38.6. The summed E-state index contributed by atoms with van der Waals surface area (Å²) in [6.45, 7) is 6.00. The molecule has 8 heteroatoms. The Kier molecular flexibility index (Phi) is 27.5. The highest BCUT2D eigenvalue weighted by Gasteiger charge is 2.12. The van der Waals surface area contributed by atoms with Crippen molar-refractivity contribution in [2.45, 2.75) is 219 Å². The molecule has 0 atom stereocenters. The summed E-state index contributed by atoms with van der Waals surface area (Å²) in [5.41, 5.74) is 0.142. The Morgan fingerprint density at radius 2 is 0.580 bits per heavy atom. The van der Waals surface area contributed by atoms with Crippen molar-refractivity contribution in [1.29, 1.82) is 0 Å². The fraction of sp³-hybridized carbons (Fsp3) is 0.857. The van der Waals surface area contributed by atoms with Gasteiger partial charge in [0.25, 0.3) is 0 Å². The topological polar surface area (TPSA) is 116 Å². The third-order valence-electron chi connectivity index (χ3n) is 10.3. The molecule has 2 aromatic rings. The maximum atomic E-state index is 12.4. The zero-order valence-electron chi connectivity index (χ0n) is 32.8. The van der Waals surface area contributed by atoms with Crippen LogP contribution in [-0.2, 0) is 0 Å². The normalized spacial score (nSPS) is 11.5. The van der Waals surface area contributed by atoms with Crippen LogP contribution in [0.5, 0.6) is 0 Å². The van der Waals surface area contributed by atoms with Gasteiger partial charge in [0.2, 0.25) is 0 Å². The van der Waals surface area contributed by atoms with Gasteiger partial charge in [-0.1, -0.05) is 206 Å². The number of aromatic nitrogens is 4. The molecule has 0 fully saturated rings. The van der Waals surface area contributed by atoms with E-state index < -0.39 is 11.4 Å². The van der Waals surface area contributed by atoms with Gasteiger partial charge in [-0.2, -0.15) is 9.97 Å². The van der Waals surface area contributed by atoms with Gasteiger partial charge in [0.1, 0.15) is 11.0 Å². The maximum Gasteiger partial charge on any atom is 0.347 e. The SMILES string of the molecule is CCCCCCCCCCCCCCCCCCNc1nc(=O)[nH]c2c(NCCCCCCCCCCCCCCCCCC)nc(=O)[nH]c12. The fourth-order valence-corrected chi connectivity index (χ4v) is 7.08. The van der Waals surface area contributed by atoms with Gasteiger partial charge < -0.3 is 20.6 Å². The van der Waals surface area contributed by atoms with Crippen molar-refractivity contribution in [2.75, 3.05) is 23.7 Å². The number of unbranched alkanes of at least 4 members (excludes halogenated alkanes) is 30. The average molecular weight is 699 g/mol. The van der Waals surface area contributed by atoms with Gasteiger partial charge in [-0.25, -0.2) is 9.59 Å². The van der Waals surface area contributed by atoms with Gasteiger partial charge in [0, 0.05) is 13.1 Å². The summed E-state index contributed by atoms with van der Waals surface area (Å²) in [6, 6.07) is 0. The zero-order chi connectivity index (χ0) is 35.7. The van der Waals surface area contributed by atoms with Crippen molar-refractivity contribution < 1.29 is 0 Å². The van der Waals surface area contributed by atoms with E-state index in [0.29, 0.717) is 22.7 Å². The molecule has 8 nitrogen and oxygen atoms in total. The van der Waals surface area contributed by atoms with Gasteiger partial charge in [0.15, 0.2) is 11.6 Å². The molecule has 0 amide bonds. The Bertz CT molecular complexity index is 1090. The van der Waals surface area contributed by atoms with E-state index in [-0.39, 0.29) is 0 Å². The Morgan fingerprint density at radius 1 is 0.360 bits per heavy atom. The van der Waals surface area contributed by atoms with Gasteiger partial charge in [-0.15, -0.1) is 0 Å². The van der Waals surface area contributed by atoms with Gasteiger partial charge in [-0.3, -0.25) is 0 Å². The summed E-state index contributed by atoms with van der Waals surface area (Å²) in [5.74, 6) is 0.851. The van der Waals surface area contributed by atoms with Crippen LogP contribution >= 0.6 is 0 Å². The summed E-state index contributed by atoms with van der Waals surface area (Å²) < 4.78 is 0. The molecule has 50 heavy (non-hydrogen) atoms. The Balaban J connectivity index is 1.53. The predicted molar refractivity (Wildman–Crippen MR) is 217 cm³/mol. The van der Waals surface area contributed by atoms with E-state index in [0.717, 1.165) is 38.8 Å². The minimum atomic E-state index is -0.439. The molecule has 0 aliphatic rings. The highest BCUT2D eigenvalue weighted by Crippen LogP contribution is 2.20. The molecule has 0 saturated heterocycles. The van der Waals surface area contributed by atoms with Crippen LogP contribution in [0.15, 0.2) is 9.59 Å². The number of hydrogen-bond acceptors (Lipinski definition) is 6. The van der Waals surface area contributed by atoms with Crippen molar-refractivity contribution in [3.63, 3.8) is 0 Å². The molecule has 0 aromatic carbocycles. The van der Waals surface area contributed by atoms with Crippen molar-refractivity contribution in [2.24, 2.45) is 0 Å². The summed E-state index contributed by atoms with van der Waals surface area (Å²) in [7, 11) is 0. The van der Waals surface area contributed by atoms with E-state index in [9.17, 15) is 9.59 Å². The van der Waals surface area contributed by atoms with Crippen molar-refractivity contribution in [3.8, 4) is 0 Å². The molecular formula is C42H78N6O2. The van der Waals surface area contributed by atoms with E-state index in [1.54, 1.807) is 0 Å². The second kappa shape index (κ2) is 31.4. The molecule has 4 N–H and O–H groups in total. The quantitative estimate of drug-likeness (QED) is 0.0526. The highest BCUT2D eigenvalue weighted by molar-refractivity contribution is 5.91. The van der Waals surface area contributed by atoms with E-state index >= 15 is 0 Å². The van der Waals surface area contributed by atoms with Crippen LogP contribution in [-0.4, -0.2) is 33.0 Å².